The number of hydrogen-bond donors (Lipinski definition) is 1. The molecule has 0 spiro atoms. The Morgan fingerprint density at radius 1 is 1.29 bits per heavy atom. The van der Waals surface area contributed by atoms with Gasteiger partial charge in [0.25, 0.3) is 0 Å². The number of nitrogens with one attached hydrogen (secondary N) is 1. The number of benzene rings is 1. The Morgan fingerprint density at radius 2 is 1.94 bits per heavy atom. The molecule has 0 aromatic heterocycles. The average Bonchev–Trinajstić information content (AvgIpc) is 2.72. The maximum Gasteiger partial charge on any atom is 0.167 e. The highest BCUT2D eigenvalue weighted by molar-refractivity contribution is 6.00. The molecule has 2 heterocycles. The van der Waals surface area contributed by atoms with Gasteiger partial charge < -0.3 is 19.7 Å². The van der Waals surface area contributed by atoms with Crippen molar-refractivity contribution in [1.29, 1.82) is 0 Å². The second kappa shape index (κ2) is 9.73. The predicted molar refractivity (Wildman–Crippen MR) is 126 cm³/mol. The molecule has 0 aliphatic carbocycles. The first-order valence-electron chi connectivity index (χ1n) is 10.7. The monoisotopic (exact) mass is 420 g/mol. The van der Waals surface area contributed by atoms with Crippen molar-refractivity contribution in [3.63, 3.8) is 0 Å². The fourth-order valence-corrected chi connectivity index (χ4v) is 3.74. The molecule has 2 aliphatic heterocycles. The van der Waals surface area contributed by atoms with Crippen molar-refractivity contribution >= 4 is 11.9 Å². The van der Waals surface area contributed by atoms with Gasteiger partial charge in [-0.15, -0.1) is 0 Å². The third kappa shape index (κ3) is 5.10. The summed E-state index contributed by atoms with van der Waals surface area (Å²) in [7, 11) is 3.12. The second-order valence-corrected chi connectivity index (χ2v) is 7.99. The highest BCUT2D eigenvalue weighted by Crippen LogP contribution is 2.32. The molecule has 31 heavy (non-hydrogen) atoms. The van der Waals surface area contributed by atoms with Crippen LogP contribution in [0.15, 0.2) is 66.2 Å². The summed E-state index contributed by atoms with van der Waals surface area (Å²) in [4.78, 5) is 14.1. The van der Waals surface area contributed by atoms with Crippen molar-refractivity contribution in [1.82, 2.24) is 10.2 Å². The Labute approximate surface area is 185 Å². The Morgan fingerprint density at radius 3 is 2.45 bits per heavy atom. The van der Waals surface area contributed by atoms with Gasteiger partial charge in [0.2, 0.25) is 0 Å². The minimum absolute atomic E-state index is 0.0847. The largest absolute Gasteiger partial charge is 0.496 e. The van der Waals surface area contributed by atoms with E-state index in [0.717, 1.165) is 24.2 Å². The van der Waals surface area contributed by atoms with E-state index in [1.54, 1.807) is 14.2 Å². The molecule has 0 fully saturated rings. The van der Waals surface area contributed by atoms with Crippen LogP contribution in [0.5, 0.6) is 11.5 Å². The Bertz CT molecular complexity index is 959. The van der Waals surface area contributed by atoms with Crippen LogP contribution in [0.3, 0.4) is 0 Å². The molecule has 0 radical (unpaired) electrons. The smallest absolute Gasteiger partial charge is 0.167 e. The third-order valence-electron chi connectivity index (χ3n) is 5.57. The molecule has 164 valence electrons. The first kappa shape index (κ1) is 22.5. The Kier molecular flexibility index (Phi) is 7.06. The highest BCUT2D eigenvalue weighted by atomic mass is 16.5. The van der Waals surface area contributed by atoms with E-state index < -0.39 is 0 Å². The summed E-state index contributed by atoms with van der Waals surface area (Å²) in [5.41, 5.74) is 4.74. The van der Waals surface area contributed by atoms with Crippen molar-refractivity contribution in [2.75, 3.05) is 20.8 Å². The van der Waals surface area contributed by atoms with E-state index in [1.165, 1.54) is 18.2 Å². The number of carbonyl (C=O) groups is 1. The summed E-state index contributed by atoms with van der Waals surface area (Å²) in [5.74, 6) is 1.24. The van der Waals surface area contributed by atoms with Gasteiger partial charge in [0.15, 0.2) is 5.78 Å². The summed E-state index contributed by atoms with van der Waals surface area (Å²) in [5, 5.41) is 3.47. The number of allylic oxidation sites excluding steroid dienone is 2. The normalized spacial score (nSPS) is 18.8. The fraction of sp³-hybridized carbons (Fsp3) is 0.346. The first-order valence-corrected chi connectivity index (χ1v) is 10.7. The molecular weight excluding hydrogens is 388 g/mol. The summed E-state index contributed by atoms with van der Waals surface area (Å²) >= 11 is 0. The quantitative estimate of drug-likeness (QED) is 0.564. The minimum atomic E-state index is -0.0847. The minimum Gasteiger partial charge on any atom is -0.496 e. The number of carbonyl (C=O) groups excluding carboxylic acids is 1. The van der Waals surface area contributed by atoms with Gasteiger partial charge in [-0.05, 0) is 55.2 Å². The summed E-state index contributed by atoms with van der Waals surface area (Å²) < 4.78 is 10.8. The molecule has 5 nitrogen and oxygen atoms in total. The number of Topliss-reactive ketones (excluding diaryl/α,β-unsaturated/α-hetero) is 1. The van der Waals surface area contributed by atoms with Gasteiger partial charge in [0, 0.05) is 35.8 Å². The van der Waals surface area contributed by atoms with E-state index >= 15 is 0 Å². The molecule has 0 saturated heterocycles. The van der Waals surface area contributed by atoms with E-state index in [1.807, 2.05) is 18.2 Å². The van der Waals surface area contributed by atoms with Crippen LogP contribution >= 0.6 is 0 Å². The van der Waals surface area contributed by atoms with Crippen molar-refractivity contribution in [3.8, 4) is 11.5 Å². The Balaban J connectivity index is 1.66. The lowest BCUT2D eigenvalue weighted by molar-refractivity contribution is 0.101. The standard InChI is InChI=1S/C26H32N2O3/c1-7-22-15-23(27-22)21-10-11-28(18(3)12-21)16-17(2)8-9-20-13-24(30-5)26(19(4)29)25(14-20)31-6/h8-15,17,22,27H,3,7,16H2,1-2,4-6H3/b9-8+. The highest BCUT2D eigenvalue weighted by Gasteiger charge is 2.21. The number of methoxy groups -OCH3 is 2. The third-order valence-corrected chi connectivity index (χ3v) is 5.57. The van der Waals surface area contributed by atoms with Crippen LogP contribution in [-0.4, -0.2) is 37.5 Å². The van der Waals surface area contributed by atoms with Gasteiger partial charge >= 0.3 is 0 Å². The van der Waals surface area contributed by atoms with Crippen LogP contribution < -0.4 is 14.8 Å². The zero-order valence-corrected chi connectivity index (χ0v) is 19.1. The zero-order chi connectivity index (χ0) is 22.5. The Hall–Kier alpha value is -3.21. The summed E-state index contributed by atoms with van der Waals surface area (Å²) in [6.07, 6.45) is 13.9. The lowest BCUT2D eigenvalue weighted by Gasteiger charge is -2.32. The SMILES string of the molecule is C=C1C=C(C2=CC(CC)N2)C=CN1CC(C)/C=C/c1cc(OC)c(C(C)=O)c(OC)c1. The maximum atomic E-state index is 11.9. The van der Waals surface area contributed by atoms with Crippen molar-refractivity contribution in [3.05, 3.63) is 77.3 Å². The van der Waals surface area contributed by atoms with Crippen molar-refractivity contribution in [2.24, 2.45) is 5.92 Å². The van der Waals surface area contributed by atoms with Crippen LogP contribution in [-0.2, 0) is 0 Å². The summed E-state index contributed by atoms with van der Waals surface area (Å²) in [6, 6.07) is 4.21. The predicted octanol–water partition coefficient (Wildman–Crippen LogP) is 5.09. The molecule has 1 aromatic carbocycles. The number of ketones is 1. The van der Waals surface area contributed by atoms with Gasteiger partial charge in [-0.1, -0.05) is 32.6 Å². The number of hydrogen-bond acceptors (Lipinski definition) is 5. The van der Waals surface area contributed by atoms with E-state index in [0.29, 0.717) is 23.1 Å². The lowest BCUT2D eigenvalue weighted by atomic mass is 9.98. The van der Waals surface area contributed by atoms with Crippen LogP contribution in [0.4, 0.5) is 0 Å². The lowest BCUT2D eigenvalue weighted by Crippen LogP contribution is -2.37. The van der Waals surface area contributed by atoms with Crippen LogP contribution in [0.25, 0.3) is 6.08 Å². The molecule has 1 N–H and O–H groups in total. The maximum absolute atomic E-state index is 11.9. The molecular formula is C26H32N2O3. The van der Waals surface area contributed by atoms with Gasteiger partial charge in [-0.3, -0.25) is 4.79 Å². The van der Waals surface area contributed by atoms with E-state index in [-0.39, 0.29) is 11.7 Å². The van der Waals surface area contributed by atoms with Crippen molar-refractivity contribution in [2.45, 2.75) is 33.2 Å². The topological polar surface area (TPSA) is 50.8 Å². The zero-order valence-electron chi connectivity index (χ0n) is 19.1. The van der Waals surface area contributed by atoms with Gasteiger partial charge in [-0.25, -0.2) is 0 Å². The molecule has 2 atom stereocenters. The molecule has 2 unspecified atom stereocenters. The molecule has 0 saturated carbocycles. The fourth-order valence-electron chi connectivity index (χ4n) is 3.74. The van der Waals surface area contributed by atoms with Crippen LogP contribution in [0.1, 0.15) is 43.1 Å². The molecule has 1 aromatic rings. The summed E-state index contributed by atoms with van der Waals surface area (Å²) in [6.45, 7) is 10.9. The van der Waals surface area contributed by atoms with Crippen molar-refractivity contribution < 1.29 is 14.3 Å². The van der Waals surface area contributed by atoms with Gasteiger partial charge in [0.05, 0.1) is 14.2 Å². The molecule has 2 aliphatic rings. The average molecular weight is 421 g/mol. The molecule has 3 rings (SSSR count). The molecule has 0 bridgehead atoms. The van der Waals surface area contributed by atoms with E-state index in [9.17, 15) is 4.79 Å². The number of nitrogens with zero attached hydrogens (tertiary/aromatic N) is 1. The van der Waals surface area contributed by atoms with Gasteiger partial charge in [0.1, 0.15) is 17.1 Å². The van der Waals surface area contributed by atoms with E-state index in [4.69, 9.17) is 9.47 Å². The molecule has 0 amide bonds. The van der Waals surface area contributed by atoms with Gasteiger partial charge in [-0.2, -0.15) is 0 Å². The second-order valence-electron chi connectivity index (χ2n) is 7.99. The number of rotatable bonds is 9. The van der Waals surface area contributed by atoms with Crippen LogP contribution in [0.2, 0.25) is 0 Å². The molecule has 5 heteroatoms. The first-order chi connectivity index (χ1) is 14.9. The van der Waals surface area contributed by atoms with E-state index in [2.05, 4.69) is 61.1 Å². The number of ether oxygens (including phenoxy) is 2. The van der Waals surface area contributed by atoms with Crippen LogP contribution in [0, 0.1) is 5.92 Å².